The Morgan fingerprint density at radius 3 is 2.25 bits per heavy atom. The van der Waals surface area contributed by atoms with Crippen molar-refractivity contribution in [3.8, 4) is 0 Å². The van der Waals surface area contributed by atoms with E-state index in [0.29, 0.717) is 5.56 Å². The lowest BCUT2D eigenvalue weighted by Crippen LogP contribution is -2.41. The Kier molecular flexibility index (Phi) is 5.92. The molecule has 2 N–H and O–H groups in total. The maximum Gasteiger partial charge on any atom is 0.340 e. The number of rotatable bonds is 4. The minimum Gasteiger partial charge on any atom is -0.444 e. The molecule has 2 aromatic carbocycles. The fourth-order valence-corrected chi connectivity index (χ4v) is 2.15. The van der Waals surface area contributed by atoms with Crippen molar-refractivity contribution in [3.05, 3.63) is 70.7 Å². The molecule has 0 saturated heterocycles. The summed E-state index contributed by atoms with van der Waals surface area (Å²) in [6, 6.07) is 14.0. The van der Waals surface area contributed by atoms with E-state index in [1.807, 2.05) is 0 Å². The number of benzene rings is 2. The Hall–Kier alpha value is -2.86. The number of halogens is 1. The first kappa shape index (κ1) is 17.5. The largest absolute Gasteiger partial charge is 0.444 e. The predicted molar refractivity (Wildman–Crippen MR) is 88.6 cm³/mol. The fourth-order valence-electron chi connectivity index (χ4n) is 1.94. The zero-order valence-corrected chi connectivity index (χ0v) is 13.5. The van der Waals surface area contributed by atoms with Crippen LogP contribution >= 0.6 is 11.6 Å². The molecule has 0 bridgehead atoms. The second-order valence-corrected chi connectivity index (χ2v) is 5.15. The average molecular weight is 347 g/mol. The second-order valence-electron chi connectivity index (χ2n) is 4.74. The molecule has 0 radical (unpaired) electrons. The standard InChI is InChI=1S/C17H15ClN2O4/c1-19-17(23)20-15(21)14(11-7-3-2-4-8-11)24-16(22)12-9-5-6-10-13(12)18/h2-10,14H,1H3,(H2,19,20,21,23)/t14-/m1/s1. The van der Waals surface area contributed by atoms with Gasteiger partial charge in [0.2, 0.25) is 6.10 Å². The quantitative estimate of drug-likeness (QED) is 0.834. The molecule has 0 aliphatic heterocycles. The molecule has 0 saturated carbocycles. The molecule has 24 heavy (non-hydrogen) atoms. The van der Waals surface area contributed by atoms with Crippen LogP contribution < -0.4 is 10.6 Å². The molecule has 0 aliphatic rings. The molecule has 2 aromatic rings. The summed E-state index contributed by atoms with van der Waals surface area (Å²) in [7, 11) is 1.37. The molecule has 0 fully saturated rings. The normalized spacial score (nSPS) is 11.2. The first-order valence-corrected chi connectivity index (χ1v) is 7.43. The van der Waals surface area contributed by atoms with E-state index in [1.165, 1.54) is 13.1 Å². The van der Waals surface area contributed by atoms with Crippen LogP contribution in [-0.4, -0.2) is 25.0 Å². The molecule has 0 heterocycles. The van der Waals surface area contributed by atoms with Gasteiger partial charge < -0.3 is 10.1 Å². The van der Waals surface area contributed by atoms with Crippen molar-refractivity contribution >= 4 is 29.5 Å². The summed E-state index contributed by atoms with van der Waals surface area (Å²) in [6.45, 7) is 0. The van der Waals surface area contributed by atoms with E-state index in [9.17, 15) is 14.4 Å². The van der Waals surface area contributed by atoms with Gasteiger partial charge in [0.1, 0.15) is 0 Å². The lowest BCUT2D eigenvalue weighted by atomic mass is 10.1. The van der Waals surface area contributed by atoms with Crippen LogP contribution in [0.4, 0.5) is 4.79 Å². The number of carbonyl (C=O) groups is 3. The number of ether oxygens (including phenoxy) is 1. The number of amides is 3. The van der Waals surface area contributed by atoms with Crippen molar-refractivity contribution in [1.82, 2.24) is 10.6 Å². The van der Waals surface area contributed by atoms with Crippen molar-refractivity contribution < 1.29 is 19.1 Å². The first-order valence-electron chi connectivity index (χ1n) is 7.06. The fraction of sp³-hybridized carbons (Fsp3) is 0.118. The van der Waals surface area contributed by atoms with Crippen molar-refractivity contribution in [2.75, 3.05) is 7.05 Å². The van der Waals surface area contributed by atoms with Crippen molar-refractivity contribution in [3.63, 3.8) is 0 Å². The highest BCUT2D eigenvalue weighted by Crippen LogP contribution is 2.22. The molecule has 2 rings (SSSR count). The molecular formula is C17H15ClN2O4. The first-order chi connectivity index (χ1) is 11.5. The summed E-state index contributed by atoms with van der Waals surface area (Å²) in [6.07, 6.45) is -1.28. The van der Waals surface area contributed by atoms with E-state index in [-0.39, 0.29) is 10.6 Å². The Labute approximate surface area is 143 Å². The Morgan fingerprint density at radius 2 is 1.62 bits per heavy atom. The lowest BCUT2D eigenvalue weighted by Gasteiger charge is -2.17. The van der Waals surface area contributed by atoms with Gasteiger partial charge in [-0.3, -0.25) is 10.1 Å². The highest BCUT2D eigenvalue weighted by atomic mass is 35.5. The summed E-state index contributed by atoms with van der Waals surface area (Å²) in [4.78, 5) is 36.0. The number of urea groups is 1. The van der Waals surface area contributed by atoms with E-state index in [0.717, 1.165) is 0 Å². The van der Waals surface area contributed by atoms with Gasteiger partial charge in [-0.25, -0.2) is 9.59 Å². The number of carbonyl (C=O) groups excluding carboxylic acids is 3. The Bertz CT molecular complexity index is 749. The maximum absolute atomic E-state index is 12.3. The highest BCUT2D eigenvalue weighted by Gasteiger charge is 2.27. The monoisotopic (exact) mass is 346 g/mol. The van der Waals surface area contributed by atoms with Crippen LogP contribution in [0.1, 0.15) is 22.0 Å². The summed E-state index contributed by atoms with van der Waals surface area (Å²) < 4.78 is 5.30. The Balaban J connectivity index is 2.26. The third kappa shape index (κ3) is 4.33. The van der Waals surface area contributed by atoms with E-state index in [1.54, 1.807) is 48.5 Å². The molecule has 0 aliphatic carbocycles. The molecule has 0 aromatic heterocycles. The summed E-state index contributed by atoms with van der Waals surface area (Å²) in [5.41, 5.74) is 0.562. The van der Waals surface area contributed by atoms with Crippen LogP contribution in [0.2, 0.25) is 5.02 Å². The zero-order chi connectivity index (χ0) is 17.5. The van der Waals surface area contributed by atoms with E-state index < -0.39 is 24.0 Å². The van der Waals surface area contributed by atoms with Gasteiger partial charge in [-0.1, -0.05) is 54.1 Å². The molecule has 0 unspecified atom stereocenters. The predicted octanol–water partition coefficient (Wildman–Crippen LogP) is 2.69. The van der Waals surface area contributed by atoms with E-state index in [4.69, 9.17) is 16.3 Å². The minimum absolute atomic E-state index is 0.132. The SMILES string of the molecule is CNC(=O)NC(=O)[C@H](OC(=O)c1ccccc1Cl)c1ccccc1. The maximum atomic E-state index is 12.3. The van der Waals surface area contributed by atoms with Gasteiger partial charge in [-0.15, -0.1) is 0 Å². The molecule has 7 heteroatoms. The molecule has 6 nitrogen and oxygen atoms in total. The lowest BCUT2D eigenvalue weighted by molar-refractivity contribution is -0.129. The van der Waals surface area contributed by atoms with Crippen LogP contribution in [0, 0.1) is 0 Å². The van der Waals surface area contributed by atoms with Gasteiger partial charge in [0.15, 0.2) is 0 Å². The number of hydrogen-bond donors (Lipinski definition) is 2. The van der Waals surface area contributed by atoms with Gasteiger partial charge in [0, 0.05) is 12.6 Å². The van der Waals surface area contributed by atoms with Gasteiger partial charge in [-0.05, 0) is 12.1 Å². The molecule has 124 valence electrons. The average Bonchev–Trinajstić information content (AvgIpc) is 2.60. The molecule has 3 amide bonds. The van der Waals surface area contributed by atoms with Crippen LogP contribution in [-0.2, 0) is 9.53 Å². The van der Waals surface area contributed by atoms with Crippen LogP contribution in [0.5, 0.6) is 0 Å². The summed E-state index contributed by atoms with van der Waals surface area (Å²) >= 11 is 5.97. The molecule has 0 spiro atoms. The van der Waals surface area contributed by atoms with Crippen molar-refractivity contribution in [2.45, 2.75) is 6.10 Å². The van der Waals surface area contributed by atoms with Crippen LogP contribution in [0.3, 0.4) is 0 Å². The smallest absolute Gasteiger partial charge is 0.340 e. The topological polar surface area (TPSA) is 84.5 Å². The highest BCUT2D eigenvalue weighted by molar-refractivity contribution is 6.33. The van der Waals surface area contributed by atoms with Gasteiger partial charge in [0.05, 0.1) is 10.6 Å². The van der Waals surface area contributed by atoms with Crippen LogP contribution in [0.15, 0.2) is 54.6 Å². The molecule has 1 atom stereocenters. The van der Waals surface area contributed by atoms with Crippen LogP contribution in [0.25, 0.3) is 0 Å². The van der Waals surface area contributed by atoms with Gasteiger partial charge in [0.25, 0.3) is 5.91 Å². The number of esters is 1. The third-order valence-corrected chi connectivity index (χ3v) is 3.45. The van der Waals surface area contributed by atoms with Crippen molar-refractivity contribution in [2.24, 2.45) is 0 Å². The number of hydrogen-bond acceptors (Lipinski definition) is 4. The molecular weight excluding hydrogens is 332 g/mol. The third-order valence-electron chi connectivity index (χ3n) is 3.12. The van der Waals surface area contributed by atoms with E-state index >= 15 is 0 Å². The summed E-state index contributed by atoms with van der Waals surface area (Å²) in [5, 5.41) is 4.57. The van der Waals surface area contributed by atoms with Gasteiger partial charge >= 0.3 is 12.0 Å². The van der Waals surface area contributed by atoms with Crippen molar-refractivity contribution in [1.29, 1.82) is 0 Å². The number of nitrogens with one attached hydrogen (secondary N) is 2. The second kappa shape index (κ2) is 8.12. The zero-order valence-electron chi connectivity index (χ0n) is 12.8. The minimum atomic E-state index is -1.28. The Morgan fingerprint density at radius 1 is 1.00 bits per heavy atom. The van der Waals surface area contributed by atoms with Gasteiger partial charge in [-0.2, -0.15) is 0 Å². The summed E-state index contributed by atoms with van der Waals surface area (Å²) in [5.74, 6) is -1.53. The van der Waals surface area contributed by atoms with E-state index in [2.05, 4.69) is 10.6 Å². The number of imide groups is 1.